The normalized spacial score (nSPS) is 11.7. The molecule has 2 aromatic rings. The fraction of sp³-hybridized carbons (Fsp3) is 0.167. The van der Waals surface area contributed by atoms with Crippen molar-refractivity contribution < 1.29 is 8.42 Å². The van der Waals surface area contributed by atoms with Crippen LogP contribution in [0.15, 0.2) is 23.1 Å². The topological polar surface area (TPSA) is 72.2 Å². The van der Waals surface area contributed by atoms with Crippen LogP contribution in [0.3, 0.4) is 0 Å². The number of hydrogen-bond donors (Lipinski definition) is 2. The molecule has 0 saturated heterocycles. The summed E-state index contributed by atoms with van der Waals surface area (Å²) in [7, 11) is -3.77. The Hall–Kier alpha value is -0.500. The molecule has 1 heterocycles. The van der Waals surface area contributed by atoms with Crippen molar-refractivity contribution in [2.24, 2.45) is 5.73 Å². The van der Waals surface area contributed by atoms with Gasteiger partial charge in [0.1, 0.15) is 4.90 Å². The van der Waals surface area contributed by atoms with Gasteiger partial charge in [0.25, 0.3) is 10.0 Å². The first-order valence-electron chi connectivity index (χ1n) is 5.71. The van der Waals surface area contributed by atoms with Crippen LogP contribution >= 0.6 is 46.1 Å². The minimum Gasteiger partial charge on any atom is -0.326 e. The van der Waals surface area contributed by atoms with Gasteiger partial charge in [-0.1, -0.05) is 34.8 Å². The van der Waals surface area contributed by atoms with Gasteiger partial charge < -0.3 is 5.73 Å². The molecule has 0 saturated carbocycles. The van der Waals surface area contributed by atoms with Crippen molar-refractivity contribution in [2.75, 3.05) is 4.72 Å². The predicted octanol–water partition coefficient (Wildman–Crippen LogP) is 4.28. The van der Waals surface area contributed by atoms with Gasteiger partial charge in [0.2, 0.25) is 0 Å². The van der Waals surface area contributed by atoms with Gasteiger partial charge in [-0.3, -0.25) is 4.72 Å². The van der Waals surface area contributed by atoms with Crippen molar-refractivity contribution in [1.82, 2.24) is 0 Å². The van der Waals surface area contributed by atoms with E-state index in [1.165, 1.54) is 23.5 Å². The lowest BCUT2D eigenvalue weighted by molar-refractivity contribution is 0.601. The number of anilines is 1. The van der Waals surface area contributed by atoms with Crippen LogP contribution in [-0.4, -0.2) is 8.42 Å². The summed E-state index contributed by atoms with van der Waals surface area (Å²) in [4.78, 5) is 1.61. The number of hydrogen-bond acceptors (Lipinski definition) is 4. The first kappa shape index (κ1) is 16.9. The van der Waals surface area contributed by atoms with E-state index in [1.54, 1.807) is 13.0 Å². The van der Waals surface area contributed by atoms with E-state index in [1.807, 2.05) is 0 Å². The second-order valence-electron chi connectivity index (χ2n) is 4.19. The summed E-state index contributed by atoms with van der Waals surface area (Å²) in [5.41, 5.74) is 5.70. The van der Waals surface area contributed by atoms with Crippen LogP contribution in [0, 0.1) is 6.92 Å². The van der Waals surface area contributed by atoms with E-state index in [4.69, 9.17) is 40.5 Å². The molecule has 2 rings (SSSR count). The Bertz CT molecular complexity index is 788. The molecule has 21 heavy (non-hydrogen) atoms. The summed E-state index contributed by atoms with van der Waals surface area (Å²) in [6.07, 6.45) is 0. The van der Waals surface area contributed by atoms with E-state index in [0.717, 1.165) is 4.88 Å². The Morgan fingerprint density at radius 3 is 2.33 bits per heavy atom. The lowest BCUT2D eigenvalue weighted by Crippen LogP contribution is -2.13. The average Bonchev–Trinajstić information content (AvgIpc) is 2.78. The van der Waals surface area contributed by atoms with Crippen molar-refractivity contribution in [3.8, 4) is 0 Å². The zero-order valence-corrected chi connectivity index (χ0v) is 14.7. The monoisotopic (exact) mass is 384 g/mol. The molecule has 0 unspecified atom stereocenters. The highest BCUT2D eigenvalue weighted by molar-refractivity contribution is 7.93. The van der Waals surface area contributed by atoms with E-state index in [0.29, 0.717) is 4.88 Å². The van der Waals surface area contributed by atoms with Crippen LogP contribution in [0.2, 0.25) is 15.1 Å². The van der Waals surface area contributed by atoms with E-state index in [9.17, 15) is 8.42 Å². The Morgan fingerprint density at radius 1 is 1.14 bits per heavy atom. The minimum atomic E-state index is -3.77. The molecule has 0 radical (unpaired) electrons. The highest BCUT2D eigenvalue weighted by atomic mass is 35.5. The lowest BCUT2D eigenvalue weighted by Gasteiger charge is -2.10. The number of benzene rings is 1. The second kappa shape index (κ2) is 6.32. The molecule has 0 amide bonds. The Balaban J connectivity index is 2.42. The molecular formula is C12H11Cl3N2O2S2. The average molecular weight is 386 g/mol. The van der Waals surface area contributed by atoms with Crippen LogP contribution in [0.5, 0.6) is 0 Å². The maximum absolute atomic E-state index is 12.4. The van der Waals surface area contributed by atoms with Crippen LogP contribution < -0.4 is 10.5 Å². The van der Waals surface area contributed by atoms with Crippen molar-refractivity contribution >= 4 is 61.9 Å². The van der Waals surface area contributed by atoms with E-state index < -0.39 is 10.0 Å². The maximum atomic E-state index is 12.4. The van der Waals surface area contributed by atoms with Gasteiger partial charge in [0.05, 0.1) is 20.8 Å². The third-order valence-electron chi connectivity index (χ3n) is 2.67. The number of rotatable bonds is 4. The summed E-state index contributed by atoms with van der Waals surface area (Å²) in [5.74, 6) is 0. The third kappa shape index (κ3) is 3.64. The molecule has 0 spiro atoms. The van der Waals surface area contributed by atoms with E-state index >= 15 is 0 Å². The maximum Gasteiger partial charge on any atom is 0.263 e. The van der Waals surface area contributed by atoms with Gasteiger partial charge in [-0.2, -0.15) is 0 Å². The first-order chi connectivity index (χ1) is 9.74. The van der Waals surface area contributed by atoms with Gasteiger partial charge in [-0.25, -0.2) is 8.42 Å². The fourth-order valence-electron chi connectivity index (χ4n) is 1.69. The molecule has 0 atom stereocenters. The lowest BCUT2D eigenvalue weighted by atomic mass is 10.3. The van der Waals surface area contributed by atoms with Gasteiger partial charge in [0, 0.05) is 16.3 Å². The highest BCUT2D eigenvalue weighted by Crippen LogP contribution is 2.34. The standard InChI is InChI=1S/C12H11Cl3N2O2S2/c1-6-12(2-7(5-16)20-6)21(18,19)17-11-4-9(14)8(13)3-10(11)15/h2-4,17H,5,16H2,1H3. The molecule has 0 aliphatic carbocycles. The zero-order chi connectivity index (χ0) is 15.8. The Labute approximate surface area is 141 Å². The molecule has 114 valence electrons. The number of halogens is 3. The van der Waals surface area contributed by atoms with Gasteiger partial charge in [-0.15, -0.1) is 11.3 Å². The molecular weight excluding hydrogens is 375 g/mol. The van der Waals surface area contributed by atoms with Gasteiger partial charge >= 0.3 is 0 Å². The number of nitrogens with two attached hydrogens (primary N) is 1. The van der Waals surface area contributed by atoms with Gasteiger partial charge in [-0.05, 0) is 25.1 Å². The zero-order valence-electron chi connectivity index (χ0n) is 10.8. The molecule has 0 bridgehead atoms. The van der Waals surface area contributed by atoms with Crippen molar-refractivity contribution in [1.29, 1.82) is 0 Å². The minimum absolute atomic E-state index is 0.167. The van der Waals surface area contributed by atoms with E-state index in [-0.39, 0.29) is 32.2 Å². The number of thiophene rings is 1. The molecule has 0 aliphatic rings. The Morgan fingerprint density at radius 2 is 1.76 bits per heavy atom. The SMILES string of the molecule is Cc1sc(CN)cc1S(=O)(=O)Nc1cc(Cl)c(Cl)cc1Cl. The number of aryl methyl sites for hydroxylation is 1. The van der Waals surface area contributed by atoms with Crippen LogP contribution in [0.1, 0.15) is 9.75 Å². The molecule has 3 N–H and O–H groups in total. The molecule has 1 aromatic carbocycles. The predicted molar refractivity (Wildman–Crippen MR) is 89.2 cm³/mol. The van der Waals surface area contributed by atoms with Crippen LogP contribution in [-0.2, 0) is 16.6 Å². The van der Waals surface area contributed by atoms with Crippen molar-refractivity contribution in [2.45, 2.75) is 18.4 Å². The molecule has 0 aliphatic heterocycles. The summed E-state index contributed by atoms with van der Waals surface area (Å²) in [6.45, 7) is 2.00. The number of sulfonamides is 1. The highest BCUT2D eigenvalue weighted by Gasteiger charge is 2.21. The van der Waals surface area contributed by atoms with Crippen LogP contribution in [0.4, 0.5) is 5.69 Å². The fourth-order valence-corrected chi connectivity index (χ4v) is 4.93. The molecule has 1 aromatic heterocycles. The van der Waals surface area contributed by atoms with Crippen LogP contribution in [0.25, 0.3) is 0 Å². The molecule has 0 fully saturated rings. The van der Waals surface area contributed by atoms with Crippen molar-refractivity contribution in [3.63, 3.8) is 0 Å². The summed E-state index contributed by atoms with van der Waals surface area (Å²) in [5, 5.41) is 0.630. The summed E-state index contributed by atoms with van der Waals surface area (Å²) < 4.78 is 27.3. The largest absolute Gasteiger partial charge is 0.326 e. The van der Waals surface area contributed by atoms with E-state index in [2.05, 4.69) is 4.72 Å². The summed E-state index contributed by atoms with van der Waals surface area (Å²) >= 11 is 19.0. The second-order valence-corrected chi connectivity index (χ2v) is 8.40. The Kier molecular flexibility index (Phi) is 5.07. The number of nitrogens with one attached hydrogen (secondary N) is 1. The van der Waals surface area contributed by atoms with Gasteiger partial charge in [0.15, 0.2) is 0 Å². The summed E-state index contributed by atoms with van der Waals surface area (Å²) in [6, 6.07) is 4.30. The smallest absolute Gasteiger partial charge is 0.263 e. The first-order valence-corrected chi connectivity index (χ1v) is 9.14. The molecule has 4 nitrogen and oxygen atoms in total. The quantitative estimate of drug-likeness (QED) is 0.772. The third-order valence-corrected chi connectivity index (χ3v) is 6.40. The molecule has 9 heteroatoms. The van der Waals surface area contributed by atoms with Crippen molar-refractivity contribution in [3.05, 3.63) is 43.0 Å².